The standard InChI is InChI=1S/C12H15NSSi/c1-15(2,3)9-8-10-4-6-11(7-5-10)12(13)14/h4-7H,1-3H3,(H2,13,14). The third-order valence-corrected chi connectivity index (χ3v) is 2.86. The van der Waals surface area contributed by atoms with Crippen LogP contribution >= 0.6 is 12.2 Å². The molecule has 0 fully saturated rings. The highest BCUT2D eigenvalue weighted by Gasteiger charge is 2.07. The largest absolute Gasteiger partial charge is 0.389 e. The summed E-state index contributed by atoms with van der Waals surface area (Å²) in [6, 6.07) is 7.75. The molecule has 0 aliphatic carbocycles. The predicted molar refractivity (Wildman–Crippen MR) is 72.6 cm³/mol. The van der Waals surface area contributed by atoms with E-state index in [9.17, 15) is 0 Å². The van der Waals surface area contributed by atoms with Crippen LogP contribution in [0, 0.1) is 11.5 Å². The molecule has 0 spiro atoms. The summed E-state index contributed by atoms with van der Waals surface area (Å²) in [7, 11) is -1.29. The second-order valence-corrected chi connectivity index (χ2v) is 9.63. The second kappa shape index (κ2) is 4.60. The minimum absolute atomic E-state index is 0.430. The molecule has 0 radical (unpaired) electrons. The Morgan fingerprint density at radius 2 is 1.73 bits per heavy atom. The Hall–Kier alpha value is -1.11. The maximum atomic E-state index is 5.51. The van der Waals surface area contributed by atoms with Gasteiger partial charge in [0.15, 0.2) is 0 Å². The lowest BCUT2D eigenvalue weighted by molar-refractivity contribution is 1.59. The predicted octanol–water partition coefficient (Wildman–Crippen LogP) is 2.55. The van der Waals surface area contributed by atoms with Crippen LogP contribution in [0.15, 0.2) is 24.3 Å². The molecule has 0 unspecified atom stereocenters. The average Bonchev–Trinajstić information content (AvgIpc) is 2.14. The van der Waals surface area contributed by atoms with Gasteiger partial charge in [0.2, 0.25) is 0 Å². The molecule has 1 aromatic rings. The Morgan fingerprint density at radius 3 is 2.13 bits per heavy atom. The van der Waals surface area contributed by atoms with Crippen molar-refractivity contribution in [3.8, 4) is 11.5 Å². The molecule has 0 bridgehead atoms. The molecule has 0 aliphatic heterocycles. The van der Waals surface area contributed by atoms with E-state index in [4.69, 9.17) is 18.0 Å². The van der Waals surface area contributed by atoms with Crippen molar-refractivity contribution >= 4 is 25.3 Å². The molecule has 0 aromatic heterocycles. The number of nitrogens with two attached hydrogens (primary N) is 1. The molecule has 3 heteroatoms. The van der Waals surface area contributed by atoms with Crippen molar-refractivity contribution in [3.63, 3.8) is 0 Å². The van der Waals surface area contributed by atoms with Crippen LogP contribution in [0.1, 0.15) is 11.1 Å². The number of rotatable bonds is 1. The molecule has 15 heavy (non-hydrogen) atoms. The van der Waals surface area contributed by atoms with E-state index in [1.54, 1.807) is 0 Å². The minimum atomic E-state index is -1.29. The molecule has 1 aromatic carbocycles. The summed E-state index contributed by atoms with van der Waals surface area (Å²) >= 11 is 4.88. The molecular formula is C12H15NSSi. The summed E-state index contributed by atoms with van der Waals surface area (Å²) in [6.07, 6.45) is 0. The van der Waals surface area contributed by atoms with Crippen molar-refractivity contribution in [2.24, 2.45) is 5.73 Å². The highest BCUT2D eigenvalue weighted by atomic mass is 32.1. The minimum Gasteiger partial charge on any atom is -0.389 e. The Balaban J connectivity index is 2.89. The zero-order valence-electron chi connectivity index (χ0n) is 9.29. The fraction of sp³-hybridized carbons (Fsp3) is 0.250. The Labute approximate surface area is 97.7 Å². The van der Waals surface area contributed by atoms with Crippen LogP contribution in [0.5, 0.6) is 0 Å². The first-order valence-electron chi connectivity index (χ1n) is 4.81. The summed E-state index contributed by atoms with van der Waals surface area (Å²) < 4.78 is 0. The van der Waals surface area contributed by atoms with Crippen molar-refractivity contribution < 1.29 is 0 Å². The van der Waals surface area contributed by atoms with Gasteiger partial charge in [0.05, 0.1) is 0 Å². The van der Waals surface area contributed by atoms with Crippen LogP contribution in [0.4, 0.5) is 0 Å². The molecule has 0 heterocycles. The van der Waals surface area contributed by atoms with E-state index in [0.29, 0.717) is 4.99 Å². The molecule has 0 saturated carbocycles. The summed E-state index contributed by atoms with van der Waals surface area (Å²) in [5.74, 6) is 3.18. The lowest BCUT2D eigenvalue weighted by Crippen LogP contribution is -2.16. The summed E-state index contributed by atoms with van der Waals surface area (Å²) in [5.41, 5.74) is 10.7. The lowest BCUT2D eigenvalue weighted by atomic mass is 10.1. The topological polar surface area (TPSA) is 26.0 Å². The fourth-order valence-corrected chi connectivity index (χ4v) is 1.63. The monoisotopic (exact) mass is 233 g/mol. The van der Waals surface area contributed by atoms with E-state index in [1.807, 2.05) is 24.3 Å². The summed E-state index contributed by atoms with van der Waals surface area (Å²) in [6.45, 7) is 6.68. The van der Waals surface area contributed by atoms with E-state index in [0.717, 1.165) is 11.1 Å². The summed E-state index contributed by atoms with van der Waals surface area (Å²) in [5, 5.41) is 0. The van der Waals surface area contributed by atoms with Gasteiger partial charge >= 0.3 is 0 Å². The second-order valence-electron chi connectivity index (χ2n) is 4.44. The Bertz CT molecular complexity index is 418. The van der Waals surface area contributed by atoms with Crippen molar-refractivity contribution in [1.82, 2.24) is 0 Å². The fourth-order valence-electron chi connectivity index (χ4n) is 0.977. The van der Waals surface area contributed by atoms with Crippen LogP contribution in [-0.2, 0) is 0 Å². The molecule has 0 aliphatic rings. The first kappa shape index (κ1) is 12.0. The van der Waals surface area contributed by atoms with Gasteiger partial charge in [-0.1, -0.05) is 49.9 Å². The highest BCUT2D eigenvalue weighted by Crippen LogP contribution is 2.04. The molecular weight excluding hydrogens is 218 g/mol. The first-order chi connectivity index (χ1) is 6.88. The zero-order valence-corrected chi connectivity index (χ0v) is 11.1. The van der Waals surface area contributed by atoms with Crippen molar-refractivity contribution in [3.05, 3.63) is 35.4 Å². The van der Waals surface area contributed by atoms with E-state index >= 15 is 0 Å². The molecule has 0 saturated heterocycles. The van der Waals surface area contributed by atoms with Crippen LogP contribution in [0.25, 0.3) is 0 Å². The molecule has 0 amide bonds. The van der Waals surface area contributed by atoms with Crippen LogP contribution in [0.2, 0.25) is 19.6 Å². The lowest BCUT2D eigenvalue weighted by Gasteiger charge is -2.03. The number of hydrogen-bond acceptors (Lipinski definition) is 1. The molecule has 78 valence electrons. The maximum absolute atomic E-state index is 5.51. The van der Waals surface area contributed by atoms with Gasteiger partial charge in [0.1, 0.15) is 13.1 Å². The maximum Gasteiger partial charge on any atom is 0.129 e. The van der Waals surface area contributed by atoms with Gasteiger partial charge in [-0.3, -0.25) is 0 Å². The molecule has 1 nitrogen and oxygen atoms in total. The normalized spacial score (nSPS) is 10.3. The van der Waals surface area contributed by atoms with E-state index in [1.165, 1.54) is 0 Å². The molecule has 0 atom stereocenters. The van der Waals surface area contributed by atoms with E-state index in [2.05, 4.69) is 31.1 Å². The van der Waals surface area contributed by atoms with E-state index < -0.39 is 8.07 Å². The SMILES string of the molecule is C[Si](C)(C)C#Cc1ccc(C(N)=S)cc1. The Kier molecular flexibility index (Phi) is 3.67. The van der Waals surface area contributed by atoms with Crippen molar-refractivity contribution in [2.45, 2.75) is 19.6 Å². The van der Waals surface area contributed by atoms with Crippen LogP contribution < -0.4 is 5.73 Å². The average molecular weight is 233 g/mol. The molecule has 2 N–H and O–H groups in total. The van der Waals surface area contributed by atoms with Crippen molar-refractivity contribution in [1.29, 1.82) is 0 Å². The number of benzene rings is 1. The van der Waals surface area contributed by atoms with Gasteiger partial charge in [0, 0.05) is 11.1 Å². The molecule has 1 rings (SSSR count). The van der Waals surface area contributed by atoms with Crippen LogP contribution in [-0.4, -0.2) is 13.1 Å². The number of thiocarbonyl (C=S) groups is 1. The third kappa shape index (κ3) is 4.28. The van der Waals surface area contributed by atoms with Crippen LogP contribution in [0.3, 0.4) is 0 Å². The van der Waals surface area contributed by atoms with Gasteiger partial charge in [-0.15, -0.1) is 5.54 Å². The summed E-state index contributed by atoms with van der Waals surface area (Å²) in [4.78, 5) is 0.430. The van der Waals surface area contributed by atoms with Gasteiger partial charge in [0.25, 0.3) is 0 Å². The zero-order chi connectivity index (χ0) is 11.5. The van der Waals surface area contributed by atoms with Gasteiger partial charge in [-0.2, -0.15) is 0 Å². The quantitative estimate of drug-likeness (QED) is 0.458. The van der Waals surface area contributed by atoms with Crippen molar-refractivity contribution in [2.75, 3.05) is 0 Å². The smallest absolute Gasteiger partial charge is 0.129 e. The Morgan fingerprint density at radius 1 is 1.20 bits per heavy atom. The highest BCUT2D eigenvalue weighted by molar-refractivity contribution is 7.80. The van der Waals surface area contributed by atoms with Gasteiger partial charge in [-0.25, -0.2) is 0 Å². The van der Waals surface area contributed by atoms with E-state index in [-0.39, 0.29) is 0 Å². The first-order valence-corrected chi connectivity index (χ1v) is 8.72. The van der Waals surface area contributed by atoms with Gasteiger partial charge in [-0.05, 0) is 12.1 Å². The third-order valence-electron chi connectivity index (χ3n) is 1.75. The van der Waals surface area contributed by atoms with Gasteiger partial charge < -0.3 is 5.73 Å². The number of hydrogen-bond donors (Lipinski definition) is 1.